The van der Waals surface area contributed by atoms with Crippen molar-refractivity contribution in [2.45, 2.75) is 26.2 Å². The quantitative estimate of drug-likeness (QED) is 0.485. The fourth-order valence-corrected chi connectivity index (χ4v) is 2.23. The molecule has 2 aromatic rings. The van der Waals surface area contributed by atoms with E-state index >= 15 is 0 Å². The molecule has 0 aliphatic carbocycles. The first-order valence-corrected chi connectivity index (χ1v) is 7.53. The van der Waals surface area contributed by atoms with Crippen LogP contribution in [0, 0.1) is 0 Å². The van der Waals surface area contributed by atoms with E-state index < -0.39 is 11.2 Å². The monoisotopic (exact) mass is 371 g/mol. The second-order valence-corrected chi connectivity index (χ2v) is 6.72. The van der Waals surface area contributed by atoms with Crippen LogP contribution in [0.15, 0.2) is 16.0 Å². The van der Waals surface area contributed by atoms with E-state index in [1.807, 2.05) is 20.8 Å². The molecule has 0 radical (unpaired) electrons. The Labute approximate surface area is 147 Å². The number of aromatic nitrogens is 3. The highest BCUT2D eigenvalue weighted by Crippen LogP contribution is 2.40. The van der Waals surface area contributed by atoms with Crippen LogP contribution in [0.3, 0.4) is 0 Å². The van der Waals surface area contributed by atoms with E-state index in [9.17, 15) is 15.0 Å². The van der Waals surface area contributed by atoms with Gasteiger partial charge in [0.1, 0.15) is 16.5 Å². The first-order chi connectivity index (χ1) is 11.1. The van der Waals surface area contributed by atoms with Gasteiger partial charge in [0.15, 0.2) is 5.75 Å². The molecule has 1 heterocycles. The minimum absolute atomic E-state index is 0.0275. The van der Waals surface area contributed by atoms with Crippen LogP contribution in [0.1, 0.15) is 32.0 Å². The van der Waals surface area contributed by atoms with Gasteiger partial charge >= 0.3 is 0 Å². The molecule has 2 rings (SSSR count). The number of H-pyrrole nitrogens is 1. The molecule has 8 nitrogen and oxygen atoms in total. The lowest BCUT2D eigenvalue weighted by molar-refractivity contribution is 0.450. The molecule has 0 aliphatic heterocycles. The first kappa shape index (κ1) is 18.0. The van der Waals surface area contributed by atoms with Gasteiger partial charge in [0.2, 0.25) is 5.95 Å². The molecule has 1 aromatic heterocycles. The number of hydrogen-bond acceptors (Lipinski definition) is 7. The van der Waals surface area contributed by atoms with Crippen molar-refractivity contribution in [3.63, 3.8) is 0 Å². The number of anilines is 1. The Kier molecular flexibility index (Phi) is 5.00. The van der Waals surface area contributed by atoms with Crippen LogP contribution in [0.5, 0.6) is 11.5 Å². The SMILES string of the molecule is CC(C)(C)c1nnc(N/N=C/c2cc(Cl)c(O)c(Cl)c2O)[nH]c1=O. The van der Waals surface area contributed by atoms with Gasteiger partial charge < -0.3 is 10.2 Å². The standard InChI is InChI=1S/C14H15Cl2N5O3/c1-14(2,3)11-12(24)18-13(21-19-11)20-17-5-6-4-7(15)10(23)8(16)9(6)22/h4-5,22-23H,1-3H3,(H2,18,20,21,24)/b17-5+. The Morgan fingerprint density at radius 2 is 1.92 bits per heavy atom. The second kappa shape index (κ2) is 6.66. The lowest BCUT2D eigenvalue weighted by Crippen LogP contribution is -2.28. The Morgan fingerprint density at radius 3 is 2.50 bits per heavy atom. The molecule has 0 amide bonds. The summed E-state index contributed by atoms with van der Waals surface area (Å²) in [5, 5.41) is 30.5. The smallest absolute Gasteiger partial charge is 0.274 e. The molecule has 0 unspecified atom stereocenters. The van der Waals surface area contributed by atoms with Gasteiger partial charge in [-0.25, -0.2) is 5.43 Å². The molecular weight excluding hydrogens is 357 g/mol. The van der Waals surface area contributed by atoms with Crippen molar-refractivity contribution in [3.05, 3.63) is 37.7 Å². The molecule has 10 heteroatoms. The minimum Gasteiger partial charge on any atom is -0.506 e. The largest absolute Gasteiger partial charge is 0.506 e. The first-order valence-electron chi connectivity index (χ1n) is 6.77. The minimum atomic E-state index is -0.437. The third kappa shape index (κ3) is 3.77. The molecule has 0 saturated carbocycles. The van der Waals surface area contributed by atoms with E-state index in [1.165, 1.54) is 12.3 Å². The van der Waals surface area contributed by atoms with Crippen LogP contribution in [0.2, 0.25) is 10.0 Å². The van der Waals surface area contributed by atoms with Crippen molar-refractivity contribution in [3.8, 4) is 11.5 Å². The normalized spacial score (nSPS) is 11.9. The van der Waals surface area contributed by atoms with Crippen molar-refractivity contribution in [1.29, 1.82) is 0 Å². The summed E-state index contributed by atoms with van der Waals surface area (Å²) in [6.45, 7) is 5.54. The number of benzene rings is 1. The summed E-state index contributed by atoms with van der Waals surface area (Å²) in [5.74, 6) is -0.777. The fourth-order valence-electron chi connectivity index (χ4n) is 1.76. The topological polar surface area (TPSA) is 123 Å². The van der Waals surface area contributed by atoms with Crippen LogP contribution < -0.4 is 11.0 Å². The molecular formula is C14H15Cl2N5O3. The van der Waals surface area contributed by atoms with Gasteiger partial charge in [-0.05, 0) is 6.07 Å². The van der Waals surface area contributed by atoms with Gasteiger partial charge in [-0.1, -0.05) is 44.0 Å². The average molecular weight is 372 g/mol. The lowest BCUT2D eigenvalue weighted by Gasteiger charge is -2.15. The maximum absolute atomic E-state index is 11.9. The summed E-state index contributed by atoms with van der Waals surface area (Å²) < 4.78 is 0. The molecule has 1 aromatic carbocycles. The predicted octanol–water partition coefficient (Wildman–Crippen LogP) is 2.63. The van der Waals surface area contributed by atoms with Crippen LogP contribution in [0.4, 0.5) is 5.95 Å². The summed E-state index contributed by atoms with van der Waals surface area (Å²) >= 11 is 11.5. The van der Waals surface area contributed by atoms with Gasteiger partial charge in [-0.2, -0.15) is 5.10 Å². The predicted molar refractivity (Wildman–Crippen MR) is 92.4 cm³/mol. The number of hydrazone groups is 1. The van der Waals surface area contributed by atoms with Gasteiger partial charge in [-0.3, -0.25) is 9.78 Å². The number of halogens is 2. The van der Waals surface area contributed by atoms with Crippen LogP contribution >= 0.6 is 23.2 Å². The number of rotatable bonds is 3. The molecule has 0 fully saturated rings. The van der Waals surface area contributed by atoms with E-state index in [0.29, 0.717) is 5.69 Å². The lowest BCUT2D eigenvalue weighted by atomic mass is 9.93. The zero-order chi connectivity index (χ0) is 18.1. The maximum Gasteiger partial charge on any atom is 0.274 e. The third-order valence-corrected chi connectivity index (χ3v) is 3.63. The second-order valence-electron chi connectivity index (χ2n) is 5.93. The molecule has 0 spiro atoms. The molecule has 0 saturated heterocycles. The number of phenolic OH excluding ortho intramolecular Hbond substituents is 2. The van der Waals surface area contributed by atoms with Gasteiger partial charge in [0.25, 0.3) is 5.56 Å². The molecule has 128 valence electrons. The molecule has 0 bridgehead atoms. The van der Waals surface area contributed by atoms with Crippen molar-refractivity contribution in [1.82, 2.24) is 15.2 Å². The van der Waals surface area contributed by atoms with Crippen LogP contribution in [-0.2, 0) is 5.41 Å². The van der Waals surface area contributed by atoms with Gasteiger partial charge in [0, 0.05) is 11.0 Å². The zero-order valence-corrected chi connectivity index (χ0v) is 14.6. The van der Waals surface area contributed by atoms with Gasteiger partial charge in [0.05, 0.1) is 11.2 Å². The maximum atomic E-state index is 11.9. The number of aromatic hydroxyl groups is 2. The summed E-state index contributed by atoms with van der Waals surface area (Å²) in [6.07, 6.45) is 1.20. The molecule has 0 atom stereocenters. The van der Waals surface area contributed by atoms with Crippen LogP contribution in [0.25, 0.3) is 0 Å². The van der Waals surface area contributed by atoms with Gasteiger partial charge in [-0.15, -0.1) is 10.2 Å². The highest BCUT2D eigenvalue weighted by atomic mass is 35.5. The van der Waals surface area contributed by atoms with E-state index in [1.54, 1.807) is 0 Å². The Morgan fingerprint density at radius 1 is 1.25 bits per heavy atom. The molecule has 4 N–H and O–H groups in total. The number of aromatic amines is 1. The summed E-state index contributed by atoms with van der Waals surface area (Å²) in [6, 6.07) is 1.28. The number of nitrogens with zero attached hydrogens (tertiary/aromatic N) is 3. The van der Waals surface area contributed by atoms with E-state index in [-0.39, 0.29) is 32.9 Å². The van der Waals surface area contributed by atoms with E-state index in [4.69, 9.17) is 23.2 Å². The number of phenols is 2. The Bertz CT molecular complexity index is 859. The Hall–Kier alpha value is -2.32. The summed E-state index contributed by atoms with van der Waals surface area (Å²) in [5.41, 5.74) is 2.12. The third-order valence-electron chi connectivity index (χ3n) is 2.98. The molecule has 0 aliphatic rings. The number of hydrogen-bond donors (Lipinski definition) is 4. The average Bonchev–Trinajstić information content (AvgIpc) is 2.49. The van der Waals surface area contributed by atoms with E-state index in [2.05, 4.69) is 25.7 Å². The Balaban J connectivity index is 2.22. The highest BCUT2D eigenvalue weighted by Gasteiger charge is 2.20. The number of nitrogens with one attached hydrogen (secondary N) is 2. The van der Waals surface area contributed by atoms with Crippen molar-refractivity contribution in [2.75, 3.05) is 5.43 Å². The van der Waals surface area contributed by atoms with Crippen molar-refractivity contribution < 1.29 is 10.2 Å². The van der Waals surface area contributed by atoms with Crippen molar-refractivity contribution >= 4 is 35.4 Å². The van der Waals surface area contributed by atoms with Crippen molar-refractivity contribution in [2.24, 2.45) is 5.10 Å². The van der Waals surface area contributed by atoms with E-state index in [0.717, 1.165) is 0 Å². The highest BCUT2D eigenvalue weighted by molar-refractivity contribution is 6.38. The zero-order valence-electron chi connectivity index (χ0n) is 13.1. The summed E-state index contributed by atoms with van der Waals surface area (Å²) in [7, 11) is 0. The fraction of sp³-hybridized carbons (Fsp3) is 0.286. The molecule has 24 heavy (non-hydrogen) atoms. The van der Waals surface area contributed by atoms with Crippen LogP contribution in [-0.4, -0.2) is 31.6 Å². The summed E-state index contributed by atoms with van der Waals surface area (Å²) in [4.78, 5) is 14.5.